The van der Waals surface area contributed by atoms with Gasteiger partial charge in [-0.15, -0.1) is 0 Å². The van der Waals surface area contributed by atoms with E-state index >= 15 is 0 Å². The zero-order valence-corrected chi connectivity index (χ0v) is 38.7. The van der Waals surface area contributed by atoms with Crippen LogP contribution in [0.2, 0.25) is 0 Å². The minimum Gasteiger partial charge on any atom is -0.0714 e. The third kappa shape index (κ3) is 7.62. The Kier molecular flexibility index (Phi) is 10.1. The quantitative estimate of drug-likeness (QED) is 0.171. The third-order valence-corrected chi connectivity index (χ3v) is 13.8. The van der Waals surface area contributed by atoms with Crippen LogP contribution < -0.4 is 0 Å². The van der Waals surface area contributed by atoms with E-state index in [2.05, 4.69) is 232 Å². The van der Waals surface area contributed by atoms with Crippen molar-refractivity contribution < 1.29 is 0 Å². The average molecular weight is 767 g/mol. The van der Waals surface area contributed by atoms with E-state index in [9.17, 15) is 0 Å². The van der Waals surface area contributed by atoms with E-state index in [1.807, 2.05) is 0 Å². The van der Waals surface area contributed by atoms with Gasteiger partial charge in [-0.25, -0.2) is 0 Å². The van der Waals surface area contributed by atoms with E-state index in [1.165, 1.54) is 77.9 Å². The number of allylic oxidation sites excluding steroid dienone is 4. The van der Waals surface area contributed by atoms with Crippen LogP contribution in [0, 0.1) is 11.8 Å². The van der Waals surface area contributed by atoms with Gasteiger partial charge < -0.3 is 0 Å². The smallest absolute Gasteiger partial charge is 0.00314 e. The van der Waals surface area contributed by atoms with Gasteiger partial charge in [-0.2, -0.15) is 0 Å². The van der Waals surface area contributed by atoms with Crippen molar-refractivity contribution >= 4 is 11.1 Å². The molecule has 0 fully saturated rings. The molecule has 5 aromatic carbocycles. The Balaban J connectivity index is 1.45. The molecule has 2 aliphatic rings. The zero-order chi connectivity index (χ0) is 42.4. The lowest BCUT2D eigenvalue weighted by molar-refractivity contribution is 0.191. The first-order valence-electron chi connectivity index (χ1n) is 21.8. The van der Waals surface area contributed by atoms with Crippen LogP contribution in [-0.2, 0) is 32.5 Å². The van der Waals surface area contributed by atoms with Crippen molar-refractivity contribution in [2.75, 3.05) is 0 Å². The molecule has 0 spiro atoms. The number of hydrogen-bond acceptors (Lipinski definition) is 0. The van der Waals surface area contributed by atoms with Crippen LogP contribution >= 0.6 is 0 Å². The van der Waals surface area contributed by atoms with Crippen molar-refractivity contribution in [3.8, 4) is 22.3 Å². The van der Waals surface area contributed by atoms with Gasteiger partial charge in [0.2, 0.25) is 0 Å². The molecule has 2 unspecified atom stereocenters. The molecule has 0 saturated heterocycles. The summed E-state index contributed by atoms with van der Waals surface area (Å²) < 4.78 is 0. The zero-order valence-electron chi connectivity index (χ0n) is 38.7. The first kappa shape index (κ1) is 41.7. The summed E-state index contributed by atoms with van der Waals surface area (Å²) in [4.78, 5) is 0. The normalized spacial score (nSPS) is 19.2. The van der Waals surface area contributed by atoms with Gasteiger partial charge in [0, 0.05) is 0 Å². The van der Waals surface area contributed by atoms with E-state index in [0.29, 0.717) is 11.8 Å². The minimum absolute atomic E-state index is 0.0973. The summed E-state index contributed by atoms with van der Waals surface area (Å²) in [7, 11) is 0. The molecule has 2 atom stereocenters. The molecular formula is C58H70. The van der Waals surface area contributed by atoms with Crippen molar-refractivity contribution in [2.24, 2.45) is 11.8 Å². The Morgan fingerprint density at radius 1 is 0.328 bits per heavy atom. The second-order valence-corrected chi connectivity index (χ2v) is 22.9. The van der Waals surface area contributed by atoms with Gasteiger partial charge in [0.15, 0.2) is 0 Å². The molecular weight excluding hydrogens is 697 g/mol. The Morgan fingerprint density at radius 2 is 0.552 bits per heavy atom. The Labute approximate surface area is 352 Å². The number of fused-ring (bicyclic) bond motifs is 2. The molecule has 58 heavy (non-hydrogen) atoms. The highest BCUT2D eigenvalue weighted by Crippen LogP contribution is 2.59. The predicted molar refractivity (Wildman–Crippen MR) is 254 cm³/mol. The van der Waals surface area contributed by atoms with Crippen LogP contribution in [0.5, 0.6) is 0 Å². The van der Waals surface area contributed by atoms with E-state index in [0.717, 1.165) is 0 Å². The lowest BCUT2D eigenvalue weighted by atomic mass is 9.50. The molecule has 0 heteroatoms. The standard InChI is InChI=1S/C58H70/c1-53(2,3)41-25-17-37(18-26-41)45-33-49-50(34-46(45)38-19-27-42(28-20-38)54(4,5)6)58(15,16)52-36-48(40-23-31-44(32-24-40)56(10,11)12)47(35-51(52)57(49,13)14)39-21-29-43(30-22-39)55(7,8)9/h17-36,49-50H,1-16H3. The Bertz CT molecular complexity index is 2180. The molecule has 2 aliphatic carbocycles. The van der Waals surface area contributed by atoms with E-state index < -0.39 is 0 Å². The molecule has 0 amide bonds. The molecule has 0 aromatic heterocycles. The van der Waals surface area contributed by atoms with Gasteiger partial charge in [0.1, 0.15) is 0 Å². The molecule has 0 saturated carbocycles. The topological polar surface area (TPSA) is 0 Å². The SMILES string of the molecule is CC(C)(C)c1ccc(C2=CC3C(C=C2c2ccc(C(C)(C)C)cc2)C(C)(C)c2cc(-c4ccc(C(C)(C)C)cc4)c(-c4ccc(C(C)(C)C)cc4)cc2C3(C)C)cc1. The largest absolute Gasteiger partial charge is 0.0714 e. The van der Waals surface area contributed by atoms with Crippen LogP contribution in [-0.4, -0.2) is 0 Å². The minimum atomic E-state index is -0.126. The third-order valence-electron chi connectivity index (χ3n) is 13.8. The molecule has 0 bridgehead atoms. The van der Waals surface area contributed by atoms with Crippen LogP contribution in [0.4, 0.5) is 0 Å². The van der Waals surface area contributed by atoms with Gasteiger partial charge in [-0.3, -0.25) is 0 Å². The molecule has 0 nitrogen and oxygen atoms in total. The number of rotatable bonds is 4. The van der Waals surface area contributed by atoms with Crippen LogP contribution in [0.3, 0.4) is 0 Å². The summed E-state index contributed by atoms with van der Waals surface area (Å²) in [5.41, 5.74) is 19.0. The second-order valence-electron chi connectivity index (χ2n) is 22.9. The van der Waals surface area contributed by atoms with Gasteiger partial charge >= 0.3 is 0 Å². The molecule has 5 aromatic rings. The molecule has 0 radical (unpaired) electrons. The molecule has 7 rings (SSSR count). The van der Waals surface area contributed by atoms with Crippen LogP contribution in [0.15, 0.2) is 121 Å². The highest BCUT2D eigenvalue weighted by atomic mass is 14.5. The maximum absolute atomic E-state index is 2.67. The fourth-order valence-corrected chi connectivity index (χ4v) is 9.67. The first-order valence-corrected chi connectivity index (χ1v) is 21.8. The summed E-state index contributed by atoms with van der Waals surface area (Å²) in [5.74, 6) is 0.607. The number of benzene rings is 5. The van der Waals surface area contributed by atoms with Gasteiger partial charge in [-0.1, -0.05) is 220 Å². The van der Waals surface area contributed by atoms with Crippen molar-refractivity contribution in [3.63, 3.8) is 0 Å². The molecule has 0 heterocycles. The molecule has 0 aliphatic heterocycles. The van der Waals surface area contributed by atoms with E-state index in [1.54, 1.807) is 0 Å². The summed E-state index contributed by atoms with van der Waals surface area (Å²) in [5, 5.41) is 0. The lowest BCUT2D eigenvalue weighted by Crippen LogP contribution is -2.48. The fourth-order valence-electron chi connectivity index (χ4n) is 9.67. The fraction of sp³-hybridized carbons (Fsp3) is 0.414. The average Bonchev–Trinajstić information content (AvgIpc) is 3.15. The molecule has 0 N–H and O–H groups in total. The monoisotopic (exact) mass is 767 g/mol. The first-order chi connectivity index (χ1) is 26.8. The summed E-state index contributed by atoms with van der Waals surface area (Å²) >= 11 is 0. The predicted octanol–water partition coefficient (Wildman–Crippen LogP) is 16.2. The lowest BCUT2D eigenvalue weighted by Gasteiger charge is -2.54. The van der Waals surface area contributed by atoms with Crippen molar-refractivity contribution in [1.82, 2.24) is 0 Å². The Morgan fingerprint density at radius 3 is 0.776 bits per heavy atom. The molecule has 302 valence electrons. The maximum atomic E-state index is 2.67. The van der Waals surface area contributed by atoms with Crippen molar-refractivity contribution in [3.05, 3.63) is 166 Å². The van der Waals surface area contributed by atoms with E-state index in [4.69, 9.17) is 0 Å². The summed E-state index contributed by atoms with van der Waals surface area (Å²) in [6, 6.07) is 42.8. The maximum Gasteiger partial charge on any atom is -0.00314 e. The van der Waals surface area contributed by atoms with E-state index in [-0.39, 0.29) is 32.5 Å². The van der Waals surface area contributed by atoms with Crippen LogP contribution in [0.25, 0.3) is 33.4 Å². The number of hydrogen-bond donors (Lipinski definition) is 0. The van der Waals surface area contributed by atoms with Crippen molar-refractivity contribution in [1.29, 1.82) is 0 Å². The van der Waals surface area contributed by atoms with Gasteiger partial charge in [0.25, 0.3) is 0 Å². The Hall–Kier alpha value is -4.42. The van der Waals surface area contributed by atoms with Crippen molar-refractivity contribution in [2.45, 2.75) is 143 Å². The summed E-state index contributed by atoms with van der Waals surface area (Å²) in [6.45, 7) is 37.7. The highest BCUT2D eigenvalue weighted by Gasteiger charge is 2.51. The van der Waals surface area contributed by atoms with Crippen LogP contribution in [0.1, 0.15) is 155 Å². The highest BCUT2D eigenvalue weighted by molar-refractivity contribution is 6.06. The second kappa shape index (κ2) is 14.1. The van der Waals surface area contributed by atoms with Gasteiger partial charge in [0.05, 0.1) is 0 Å². The van der Waals surface area contributed by atoms with Gasteiger partial charge in [-0.05, 0) is 134 Å². The summed E-state index contributed by atoms with van der Waals surface area (Å²) in [6.07, 6.45) is 5.34.